The van der Waals surface area contributed by atoms with Gasteiger partial charge in [-0.05, 0) is 12.8 Å². The van der Waals surface area contributed by atoms with Gasteiger partial charge in [0, 0.05) is 6.42 Å². The van der Waals surface area contributed by atoms with Crippen LogP contribution in [-0.4, -0.2) is 0 Å². The lowest BCUT2D eigenvalue weighted by atomic mass is 10.1. The molecule has 0 aliphatic heterocycles. The van der Waals surface area contributed by atoms with Crippen molar-refractivity contribution in [2.24, 2.45) is 0 Å². The maximum atomic E-state index is 5.06. The van der Waals surface area contributed by atoms with E-state index in [0.29, 0.717) is 0 Å². The van der Waals surface area contributed by atoms with E-state index in [4.69, 9.17) is 6.42 Å². The molecule has 0 aliphatic carbocycles. The third kappa shape index (κ3) is 7.56. The summed E-state index contributed by atoms with van der Waals surface area (Å²) in [5, 5.41) is 0. The fourth-order valence-corrected chi connectivity index (χ4v) is 0.724. The molecule has 0 aromatic heterocycles. The minimum atomic E-state index is 0.837. The molecule has 0 heteroatoms. The van der Waals surface area contributed by atoms with Crippen LogP contribution in [0, 0.1) is 18.8 Å². The van der Waals surface area contributed by atoms with Crippen LogP contribution in [-0.2, 0) is 0 Å². The molecular formula is C9H15. The van der Waals surface area contributed by atoms with Crippen molar-refractivity contribution in [1.29, 1.82) is 0 Å². The molecule has 0 spiro atoms. The highest BCUT2D eigenvalue weighted by Crippen LogP contribution is 2.02. The summed E-state index contributed by atoms with van der Waals surface area (Å²) in [6.07, 6.45) is 13.2. The van der Waals surface area contributed by atoms with Crippen LogP contribution in [0.4, 0.5) is 0 Å². The lowest BCUT2D eigenvalue weighted by molar-refractivity contribution is 0.705. The molecule has 0 aliphatic rings. The zero-order valence-electron chi connectivity index (χ0n) is 6.19. The molecule has 0 heterocycles. The summed E-state index contributed by atoms with van der Waals surface area (Å²) >= 11 is 0. The van der Waals surface area contributed by atoms with Crippen molar-refractivity contribution in [3.05, 3.63) is 6.42 Å². The van der Waals surface area contributed by atoms with Crippen molar-refractivity contribution in [3.63, 3.8) is 0 Å². The Balaban J connectivity index is 2.69. The third-order valence-electron chi connectivity index (χ3n) is 1.27. The average Bonchev–Trinajstić information content (AvgIpc) is 1.89. The minimum Gasteiger partial charge on any atom is -0.120 e. The molecule has 0 bridgehead atoms. The summed E-state index contributed by atoms with van der Waals surface area (Å²) in [6.45, 7) is 2.21. The SMILES string of the molecule is C#CC[CH]CCCCC. The Labute approximate surface area is 58.7 Å². The zero-order valence-corrected chi connectivity index (χ0v) is 6.19. The van der Waals surface area contributed by atoms with E-state index < -0.39 is 0 Å². The fraction of sp³-hybridized carbons (Fsp3) is 0.667. The molecule has 0 fully saturated rings. The second-order valence-corrected chi connectivity index (χ2v) is 2.19. The molecule has 9 heavy (non-hydrogen) atoms. The molecule has 0 aromatic carbocycles. The standard InChI is InChI=1S/C9H15/c1-3-5-7-9-8-6-4-2/h1,7H,4-6,8-9H2,2H3. The normalized spacial score (nSPS) is 8.89. The highest BCUT2D eigenvalue weighted by Gasteiger charge is 1.85. The van der Waals surface area contributed by atoms with Crippen LogP contribution in [0.5, 0.6) is 0 Å². The fourth-order valence-electron chi connectivity index (χ4n) is 0.724. The van der Waals surface area contributed by atoms with Crippen LogP contribution >= 0.6 is 0 Å². The summed E-state index contributed by atoms with van der Waals surface area (Å²) in [6, 6.07) is 0. The Kier molecular flexibility index (Phi) is 7.19. The smallest absolute Gasteiger partial charge is 0.0117 e. The minimum absolute atomic E-state index is 0.837. The predicted octanol–water partition coefficient (Wildman–Crippen LogP) is 2.79. The largest absolute Gasteiger partial charge is 0.120 e. The van der Waals surface area contributed by atoms with E-state index in [1.165, 1.54) is 25.7 Å². The molecule has 0 atom stereocenters. The number of terminal acetylenes is 1. The Morgan fingerprint density at radius 1 is 1.44 bits per heavy atom. The van der Waals surface area contributed by atoms with Gasteiger partial charge in [0.05, 0.1) is 0 Å². The summed E-state index contributed by atoms with van der Waals surface area (Å²) in [5.41, 5.74) is 0. The topological polar surface area (TPSA) is 0 Å². The molecule has 0 N–H and O–H groups in total. The van der Waals surface area contributed by atoms with Gasteiger partial charge in [-0.2, -0.15) is 0 Å². The first-order chi connectivity index (χ1) is 4.41. The highest BCUT2D eigenvalue weighted by molar-refractivity contribution is 4.89. The monoisotopic (exact) mass is 123 g/mol. The molecule has 1 radical (unpaired) electrons. The Bertz CT molecular complexity index is 76.5. The van der Waals surface area contributed by atoms with E-state index in [1.807, 2.05) is 0 Å². The van der Waals surface area contributed by atoms with Gasteiger partial charge in [-0.3, -0.25) is 0 Å². The summed E-state index contributed by atoms with van der Waals surface area (Å²) in [7, 11) is 0. The van der Waals surface area contributed by atoms with Gasteiger partial charge >= 0.3 is 0 Å². The van der Waals surface area contributed by atoms with E-state index in [0.717, 1.165) is 6.42 Å². The average molecular weight is 123 g/mol. The molecule has 0 saturated heterocycles. The van der Waals surface area contributed by atoms with E-state index in [9.17, 15) is 0 Å². The van der Waals surface area contributed by atoms with Gasteiger partial charge < -0.3 is 0 Å². The molecule has 0 unspecified atom stereocenters. The Morgan fingerprint density at radius 2 is 2.22 bits per heavy atom. The number of unbranched alkanes of at least 4 members (excludes halogenated alkanes) is 5. The van der Waals surface area contributed by atoms with E-state index in [2.05, 4.69) is 19.3 Å². The van der Waals surface area contributed by atoms with Crippen LogP contribution in [0.3, 0.4) is 0 Å². The molecular weight excluding hydrogens is 108 g/mol. The lowest BCUT2D eigenvalue weighted by Crippen LogP contribution is -1.76. The maximum absolute atomic E-state index is 5.06. The predicted molar refractivity (Wildman–Crippen MR) is 41.9 cm³/mol. The van der Waals surface area contributed by atoms with Crippen molar-refractivity contribution < 1.29 is 0 Å². The molecule has 0 aromatic rings. The zero-order chi connectivity index (χ0) is 6.95. The molecule has 0 rings (SSSR count). The first kappa shape index (κ1) is 8.56. The van der Waals surface area contributed by atoms with Crippen LogP contribution in [0.1, 0.15) is 39.0 Å². The van der Waals surface area contributed by atoms with Crippen LogP contribution in [0.25, 0.3) is 0 Å². The van der Waals surface area contributed by atoms with Crippen molar-refractivity contribution in [2.75, 3.05) is 0 Å². The van der Waals surface area contributed by atoms with Crippen molar-refractivity contribution >= 4 is 0 Å². The maximum Gasteiger partial charge on any atom is 0.0117 e. The van der Waals surface area contributed by atoms with Gasteiger partial charge in [0.1, 0.15) is 0 Å². The first-order valence-corrected chi connectivity index (χ1v) is 3.67. The second kappa shape index (κ2) is 7.56. The van der Waals surface area contributed by atoms with Crippen LogP contribution in [0.2, 0.25) is 0 Å². The van der Waals surface area contributed by atoms with Crippen molar-refractivity contribution in [3.8, 4) is 12.3 Å². The number of hydrogen-bond acceptors (Lipinski definition) is 0. The second-order valence-electron chi connectivity index (χ2n) is 2.19. The van der Waals surface area contributed by atoms with E-state index >= 15 is 0 Å². The summed E-state index contributed by atoms with van der Waals surface area (Å²) in [4.78, 5) is 0. The third-order valence-corrected chi connectivity index (χ3v) is 1.27. The lowest BCUT2D eigenvalue weighted by Gasteiger charge is -1.93. The number of hydrogen-bond donors (Lipinski definition) is 0. The van der Waals surface area contributed by atoms with Gasteiger partial charge in [0.15, 0.2) is 0 Å². The molecule has 51 valence electrons. The summed E-state index contributed by atoms with van der Waals surface area (Å²) < 4.78 is 0. The van der Waals surface area contributed by atoms with Gasteiger partial charge in [-0.15, -0.1) is 12.3 Å². The van der Waals surface area contributed by atoms with Gasteiger partial charge in [0.25, 0.3) is 0 Å². The van der Waals surface area contributed by atoms with Gasteiger partial charge in [-0.25, -0.2) is 0 Å². The molecule has 0 nitrogen and oxygen atoms in total. The van der Waals surface area contributed by atoms with Crippen LogP contribution < -0.4 is 0 Å². The first-order valence-electron chi connectivity index (χ1n) is 3.67. The molecule has 0 amide bonds. The van der Waals surface area contributed by atoms with Crippen molar-refractivity contribution in [2.45, 2.75) is 39.0 Å². The highest BCUT2D eigenvalue weighted by atomic mass is 13.9. The van der Waals surface area contributed by atoms with E-state index in [1.54, 1.807) is 0 Å². The van der Waals surface area contributed by atoms with Crippen molar-refractivity contribution in [1.82, 2.24) is 0 Å². The number of rotatable bonds is 5. The van der Waals surface area contributed by atoms with E-state index in [-0.39, 0.29) is 0 Å². The Morgan fingerprint density at radius 3 is 2.78 bits per heavy atom. The molecule has 0 saturated carbocycles. The van der Waals surface area contributed by atoms with Gasteiger partial charge in [0.2, 0.25) is 0 Å². The summed E-state index contributed by atoms with van der Waals surface area (Å²) in [5.74, 6) is 2.59. The quantitative estimate of drug-likeness (QED) is 0.389. The van der Waals surface area contributed by atoms with Crippen LogP contribution in [0.15, 0.2) is 0 Å². The Hall–Kier alpha value is -0.440. The van der Waals surface area contributed by atoms with Gasteiger partial charge in [-0.1, -0.05) is 26.2 Å².